The third kappa shape index (κ3) is 9.26. The topological polar surface area (TPSA) is 199 Å². The van der Waals surface area contributed by atoms with Crippen molar-refractivity contribution in [3.63, 3.8) is 0 Å². The summed E-state index contributed by atoms with van der Waals surface area (Å²) in [7, 11) is 0. The van der Waals surface area contributed by atoms with Gasteiger partial charge in [0, 0.05) is 47.7 Å². The molecule has 16 heteroatoms. The summed E-state index contributed by atoms with van der Waals surface area (Å²) in [5.41, 5.74) is 5.08. The molecule has 7 rings (SSSR count). The smallest absolute Gasteiger partial charge is 0.753 e. The number of phenols is 1. The molecule has 0 fully saturated rings. The number of aromatic nitrogens is 6. The van der Waals surface area contributed by atoms with Gasteiger partial charge in [-0.3, -0.25) is 29.5 Å². The Balaban J connectivity index is 0.000000232. The van der Waals surface area contributed by atoms with Gasteiger partial charge in [0.15, 0.2) is 0 Å². The molecular weight excluding hydrogens is 754 g/mol. The Morgan fingerprint density at radius 1 is 0.796 bits per heavy atom. The van der Waals surface area contributed by atoms with E-state index < -0.39 is 0 Å². The molecule has 0 saturated carbocycles. The van der Waals surface area contributed by atoms with Crippen molar-refractivity contribution < 1.29 is 43.6 Å². The van der Waals surface area contributed by atoms with Crippen LogP contribution in [-0.2, 0) is 41.7 Å². The monoisotopic (exact) mass is 774 g/mol. The number of aromatic amines is 1. The van der Waals surface area contributed by atoms with E-state index in [1.54, 1.807) is 48.8 Å². The van der Waals surface area contributed by atoms with E-state index in [0.717, 1.165) is 32.8 Å². The number of para-hydroxylation sites is 1. The minimum Gasteiger partial charge on any atom is -0.753 e. The number of hydrogen-bond acceptors (Lipinski definition) is 13. The maximum atomic E-state index is 10.2. The van der Waals surface area contributed by atoms with E-state index in [-0.39, 0.29) is 25.2 Å². The van der Waals surface area contributed by atoms with E-state index in [9.17, 15) is 14.7 Å². The van der Waals surface area contributed by atoms with Gasteiger partial charge in [-0.25, -0.2) is 10.2 Å². The summed E-state index contributed by atoms with van der Waals surface area (Å²) < 4.78 is 9.42. The number of phenolic OH excluding ortho intramolecular Hbond substituents is 1. The van der Waals surface area contributed by atoms with Gasteiger partial charge in [-0.2, -0.15) is 5.16 Å². The number of carbonyl (C=O) groups excluding carboxylic acids is 2. The first-order valence-electron chi connectivity index (χ1n) is 13.4. The Hall–Kier alpha value is -6.10. The van der Waals surface area contributed by atoms with Crippen LogP contribution in [0.2, 0.25) is 0 Å². The number of nitrogens with zero attached hydrogens (tertiary/aromatic N) is 7. The number of pyridine rings is 4. The molecule has 0 aliphatic heterocycles. The van der Waals surface area contributed by atoms with Crippen LogP contribution in [0.25, 0.3) is 61.0 Å². The molecule has 0 spiro atoms. The van der Waals surface area contributed by atoms with Gasteiger partial charge in [-0.1, -0.05) is 29.8 Å². The van der Waals surface area contributed by atoms with E-state index in [1.165, 1.54) is 23.0 Å². The molecule has 2 N–H and O–H groups in total. The second kappa shape index (κ2) is 18.9. The molecule has 13 nitrogen and oxygen atoms in total. The number of thiocyanates is 1. The summed E-state index contributed by atoms with van der Waals surface area (Å²) in [5.74, 6) is 1.54. The molecule has 7 aromatic rings. The molecule has 5 aromatic heterocycles. The number of thiocarbonyl (C=S) groups is 1. The number of carbonyl (C=O) groups is 2. The van der Waals surface area contributed by atoms with Crippen molar-refractivity contribution in [2.45, 2.75) is 0 Å². The number of hydrogen-bond donors (Lipinski definition) is 2. The van der Waals surface area contributed by atoms with Crippen molar-refractivity contribution in [2.24, 2.45) is 0 Å². The minimum absolute atomic E-state index is 0. The van der Waals surface area contributed by atoms with Gasteiger partial charge in [0.05, 0.1) is 39.0 Å². The summed E-state index contributed by atoms with van der Waals surface area (Å²) in [6, 6.07) is 21.2. The van der Waals surface area contributed by atoms with Crippen LogP contribution in [0.3, 0.4) is 0 Å². The Kier molecular flexibility index (Phi) is 14.4. The third-order valence-electron chi connectivity index (χ3n) is 6.32. The van der Waals surface area contributed by atoms with Crippen LogP contribution in [-0.4, -0.2) is 53.1 Å². The first-order chi connectivity index (χ1) is 23.5. The predicted molar refractivity (Wildman–Crippen MR) is 184 cm³/mol. The third-order valence-corrected chi connectivity index (χ3v) is 6.32. The molecule has 0 unspecified atom stereocenters. The van der Waals surface area contributed by atoms with Crippen molar-refractivity contribution in [2.75, 3.05) is 0 Å². The number of imidazole rings is 1. The summed E-state index contributed by atoms with van der Waals surface area (Å²) >= 11 is 7.40. The maximum absolute atomic E-state index is 10.2. The van der Waals surface area contributed by atoms with E-state index in [1.807, 2.05) is 36.4 Å². The van der Waals surface area contributed by atoms with Crippen LogP contribution < -0.4 is 9.47 Å². The fourth-order valence-corrected chi connectivity index (χ4v) is 4.51. The van der Waals surface area contributed by atoms with E-state index in [4.69, 9.17) is 25.1 Å². The van der Waals surface area contributed by atoms with Crippen LogP contribution in [0.1, 0.15) is 0 Å². The number of aromatic hydroxyl groups is 1. The fourth-order valence-electron chi connectivity index (χ4n) is 4.51. The van der Waals surface area contributed by atoms with Crippen molar-refractivity contribution in [3.8, 4) is 45.4 Å². The van der Waals surface area contributed by atoms with Crippen molar-refractivity contribution in [1.82, 2.24) is 29.9 Å². The first-order valence-corrected chi connectivity index (χ1v) is 14.3. The Labute approximate surface area is 301 Å². The van der Waals surface area contributed by atoms with Crippen LogP contribution in [0.4, 0.5) is 0 Å². The number of ether oxygens (including phenoxy) is 2. The summed E-state index contributed by atoms with van der Waals surface area (Å²) in [5, 5.41) is 29.0. The van der Waals surface area contributed by atoms with Crippen LogP contribution in [0, 0.1) is 10.7 Å². The van der Waals surface area contributed by atoms with E-state index in [0.29, 0.717) is 47.2 Å². The van der Waals surface area contributed by atoms with Crippen LogP contribution in [0.5, 0.6) is 17.2 Å². The normalized spacial score (nSPS) is 9.45. The van der Waals surface area contributed by atoms with Gasteiger partial charge in [0.1, 0.15) is 23.1 Å². The number of nitrogens with one attached hydrogen (secondary N) is 1. The zero-order valence-electron chi connectivity index (χ0n) is 24.8. The maximum Gasteiger partial charge on any atom is 2.00 e. The minimum atomic E-state index is 0. The van der Waals surface area contributed by atoms with Gasteiger partial charge >= 0.3 is 19.5 Å². The molecular formula is C33H20N8O5RuS2. The molecule has 0 aliphatic carbocycles. The summed E-state index contributed by atoms with van der Waals surface area (Å²) in [6.07, 6.45) is 6.51. The molecule has 2 aromatic carbocycles. The van der Waals surface area contributed by atoms with Crippen molar-refractivity contribution >= 4 is 75.8 Å². The van der Waals surface area contributed by atoms with E-state index in [2.05, 4.69) is 49.8 Å². The number of fused-ring (bicyclic) bond motifs is 6. The first kappa shape index (κ1) is 37.4. The van der Waals surface area contributed by atoms with Gasteiger partial charge in [0.25, 0.3) is 12.9 Å². The molecule has 0 saturated heterocycles. The van der Waals surface area contributed by atoms with Gasteiger partial charge in [0.2, 0.25) is 0 Å². The average Bonchev–Trinajstić information content (AvgIpc) is 3.56. The second-order valence-electron chi connectivity index (χ2n) is 8.99. The number of benzene rings is 2. The van der Waals surface area contributed by atoms with Gasteiger partial charge in [-0.15, -0.1) is 0 Å². The van der Waals surface area contributed by atoms with Crippen LogP contribution in [0.15, 0.2) is 97.6 Å². The molecule has 0 aliphatic rings. The summed E-state index contributed by atoms with van der Waals surface area (Å²) in [4.78, 5) is 45.8. The fraction of sp³-hybridized carbons (Fsp3) is 0. The summed E-state index contributed by atoms with van der Waals surface area (Å²) in [6.45, 7) is 0.664. The second-order valence-corrected chi connectivity index (χ2v) is 9.35. The van der Waals surface area contributed by atoms with Crippen molar-refractivity contribution in [1.29, 1.82) is 5.26 Å². The molecule has 0 radical (unpaired) electrons. The molecule has 0 atom stereocenters. The standard InChI is InChI=1S/C19H12N4O.C12H8N2O4.CHNS.CNS.Ru/c24-14-8-2-1-5-11(14)19-22-17-12-6-3-9-20-15(12)16-13(18(17)23-19)7-4-10-21-16;15-7-17-9-1-3-13-11(5-9)12-6-10(18-8-16)2-4-14-12;2*2-1-3;/h1-10,24H,(H,22,23);1-8H;3H;;/q;;;-1;+2/p-1. The van der Waals surface area contributed by atoms with Gasteiger partial charge in [-0.05, 0) is 48.5 Å². The molecule has 0 amide bonds. The zero-order valence-corrected chi connectivity index (χ0v) is 28.1. The zero-order chi connectivity index (χ0) is 34.3. The number of rotatable bonds is 6. The Morgan fingerprint density at radius 3 is 1.84 bits per heavy atom. The Bertz CT molecular complexity index is 2170. The van der Waals surface area contributed by atoms with Crippen LogP contribution >= 0.6 is 12.2 Å². The molecule has 242 valence electrons. The van der Waals surface area contributed by atoms with Gasteiger partial charge < -0.3 is 37.6 Å². The number of isothiocyanates is 1. The quantitative estimate of drug-likeness (QED) is 0.0385. The molecule has 0 bridgehead atoms. The van der Waals surface area contributed by atoms with E-state index >= 15 is 0 Å². The largest absolute Gasteiger partial charge is 2.00 e. The SMILES string of the molecule is N#C[S-].O=COc1ccnc(-c2cc(OC=O)ccn2)c1.Oc1ccccc1-c1nc2c3cccnc3c3ncccc3c2[nH]1.[N-]=C=S.[Ru+2]. The molecule has 5 heterocycles. The molecule has 49 heavy (non-hydrogen) atoms. The number of H-pyrrole nitrogens is 1. The number of nitriles is 1. The predicted octanol–water partition coefficient (Wildman–Crippen LogP) is 5.92. The Morgan fingerprint density at radius 2 is 1.31 bits per heavy atom. The van der Waals surface area contributed by atoms with Crippen molar-refractivity contribution in [3.05, 3.63) is 103 Å². The average molecular weight is 774 g/mol.